The second kappa shape index (κ2) is 13.7. The Morgan fingerprint density at radius 1 is 1.09 bits per heavy atom. The molecule has 0 bridgehead atoms. The number of rotatable bonds is 6. The summed E-state index contributed by atoms with van der Waals surface area (Å²) in [5.74, 6) is 2.97. The van der Waals surface area contributed by atoms with Crippen molar-refractivity contribution in [2.45, 2.75) is 84.7 Å². The van der Waals surface area contributed by atoms with Gasteiger partial charge in [-0.25, -0.2) is 9.78 Å². The van der Waals surface area contributed by atoms with Crippen molar-refractivity contribution in [3.8, 4) is 5.75 Å². The topological polar surface area (TPSA) is 84.7 Å². The zero-order chi connectivity index (χ0) is 31.6. The van der Waals surface area contributed by atoms with Gasteiger partial charge < -0.3 is 14.7 Å². The third kappa shape index (κ3) is 6.58. The van der Waals surface area contributed by atoms with Crippen molar-refractivity contribution < 1.29 is 19.4 Å². The quantitative estimate of drug-likeness (QED) is 0.313. The smallest absolute Gasteiger partial charge is 0.329 e. The predicted molar refractivity (Wildman–Crippen MR) is 175 cm³/mol. The molecule has 0 unspecified atom stereocenters. The summed E-state index contributed by atoms with van der Waals surface area (Å²) < 4.78 is 7.05. The van der Waals surface area contributed by atoms with Gasteiger partial charge in [-0.1, -0.05) is 67.2 Å². The van der Waals surface area contributed by atoms with Crippen LogP contribution in [0.3, 0.4) is 0 Å². The van der Waals surface area contributed by atoms with Crippen LogP contribution < -0.4 is 4.74 Å². The molecule has 1 heterocycles. The van der Waals surface area contributed by atoms with Gasteiger partial charge in [0.2, 0.25) is 0 Å². The number of aliphatic hydroxyl groups excluding tert-OH is 1. The van der Waals surface area contributed by atoms with Crippen LogP contribution in [-0.4, -0.2) is 57.2 Å². The van der Waals surface area contributed by atoms with E-state index in [-0.39, 0.29) is 24.2 Å². The van der Waals surface area contributed by atoms with Crippen molar-refractivity contribution in [1.29, 1.82) is 0 Å². The van der Waals surface area contributed by atoms with Crippen molar-refractivity contribution in [3.63, 3.8) is 0 Å². The molecular formula is C34H44Cl3N3O4. The maximum Gasteiger partial charge on any atom is 0.329 e. The fourth-order valence-corrected chi connectivity index (χ4v) is 9.37. The summed E-state index contributed by atoms with van der Waals surface area (Å²) in [6.45, 7) is 7.97. The van der Waals surface area contributed by atoms with Crippen molar-refractivity contribution in [2.24, 2.45) is 28.6 Å². The van der Waals surface area contributed by atoms with Crippen molar-refractivity contribution >= 4 is 46.6 Å². The number of imidazole rings is 1. The van der Waals surface area contributed by atoms with Crippen LogP contribution in [0.15, 0.2) is 42.5 Å². The van der Waals surface area contributed by atoms with E-state index in [0.717, 1.165) is 57.3 Å². The first-order valence-electron chi connectivity index (χ1n) is 15.9. The molecular weight excluding hydrogens is 621 g/mol. The summed E-state index contributed by atoms with van der Waals surface area (Å²) >= 11 is 18.0. The number of benzene rings is 1. The Balaban J connectivity index is 0.000000175. The summed E-state index contributed by atoms with van der Waals surface area (Å²) in [6.07, 6.45) is 16.2. The van der Waals surface area contributed by atoms with E-state index in [1.165, 1.54) is 22.9 Å². The number of carbonyl (C=O) groups excluding carboxylic acids is 2. The maximum atomic E-state index is 12.4. The Labute approximate surface area is 275 Å². The van der Waals surface area contributed by atoms with Gasteiger partial charge in [-0.15, -0.1) is 0 Å². The zero-order valence-electron chi connectivity index (χ0n) is 25.9. The van der Waals surface area contributed by atoms with E-state index in [2.05, 4.69) is 24.9 Å². The molecule has 0 aliphatic heterocycles. The molecule has 2 aromatic rings. The molecule has 1 aromatic carbocycles. The largest absolute Gasteiger partial charge is 0.489 e. The Hall–Kier alpha value is -2.06. The summed E-state index contributed by atoms with van der Waals surface area (Å²) in [7, 11) is 0. The minimum atomic E-state index is -0.152. The fourth-order valence-electron chi connectivity index (χ4n) is 8.45. The molecule has 6 atom stereocenters. The highest BCUT2D eigenvalue weighted by Gasteiger charge is 2.58. The molecule has 7 nitrogen and oxygen atoms in total. The Bertz CT molecular complexity index is 1360. The average Bonchev–Trinajstić information content (AvgIpc) is 3.62. The number of aromatic nitrogens is 2. The molecule has 0 saturated heterocycles. The lowest BCUT2D eigenvalue weighted by Crippen LogP contribution is -2.50. The molecule has 4 aliphatic rings. The highest BCUT2D eigenvalue weighted by molar-refractivity contribution is 6.40. The van der Waals surface area contributed by atoms with E-state index in [1.807, 2.05) is 6.92 Å². The Morgan fingerprint density at radius 3 is 2.48 bits per heavy atom. The van der Waals surface area contributed by atoms with Crippen LogP contribution in [0.25, 0.3) is 0 Å². The minimum Gasteiger partial charge on any atom is -0.489 e. The summed E-state index contributed by atoms with van der Waals surface area (Å²) in [5, 5.41) is 11.1. The number of hydrogen-bond donors (Lipinski definition) is 1. The van der Waals surface area contributed by atoms with Crippen LogP contribution in [-0.2, 0) is 4.79 Å². The van der Waals surface area contributed by atoms with Gasteiger partial charge in [0.1, 0.15) is 18.7 Å². The van der Waals surface area contributed by atoms with Crippen LogP contribution in [0, 0.1) is 28.6 Å². The number of halogens is 3. The zero-order valence-corrected chi connectivity index (χ0v) is 28.2. The monoisotopic (exact) mass is 663 g/mol. The summed E-state index contributed by atoms with van der Waals surface area (Å²) in [4.78, 5) is 30.3. The third-order valence-corrected chi connectivity index (χ3v) is 11.6. The molecule has 6 rings (SSSR count). The number of amides is 1. The third-order valence-electron chi connectivity index (χ3n) is 10.8. The SMILES string of the molecule is CCCN(CCOc1c(Cl)cc(Cl)cc1Cl)C(=O)n1ccnc1.C[C@]12CC[C@H](O)CC1=CC[C@@H]1[C@@H]2CC[C@]2(C)C(=O)CC[C@@H]12. The van der Waals surface area contributed by atoms with E-state index >= 15 is 0 Å². The summed E-state index contributed by atoms with van der Waals surface area (Å²) in [5.41, 5.74) is 1.81. The van der Waals surface area contributed by atoms with Crippen molar-refractivity contribution in [1.82, 2.24) is 14.5 Å². The van der Waals surface area contributed by atoms with Crippen molar-refractivity contribution in [2.75, 3.05) is 19.7 Å². The standard InChI is InChI=1S/C19H28O2.C15H16Cl3N3O2/c1-18-9-7-13(20)11-12(18)3-4-14-15-5-6-17(21)19(15,2)10-8-16(14)18;1-2-4-20(15(22)21-5-3-19-10-21)6-7-23-14-12(17)8-11(16)9-13(14)18/h3,13-16,20H,4-11H2,1-2H3;3,5,8-10H,2,4,6-7H2,1H3/t13-,14-,15-,16-,18-,19-;/m0./s1. The Kier molecular flexibility index (Phi) is 10.4. The fraction of sp³-hybridized carbons (Fsp3) is 0.618. The predicted octanol–water partition coefficient (Wildman–Crippen LogP) is 8.48. The molecule has 0 radical (unpaired) electrons. The van der Waals surface area contributed by atoms with E-state index in [0.29, 0.717) is 56.9 Å². The molecule has 1 N–H and O–H groups in total. The molecule has 3 saturated carbocycles. The number of aliphatic hydroxyl groups is 1. The first-order valence-corrected chi connectivity index (χ1v) is 17.1. The van der Waals surface area contributed by atoms with Gasteiger partial charge in [-0.3, -0.25) is 9.36 Å². The van der Waals surface area contributed by atoms with Crippen LogP contribution in [0.5, 0.6) is 5.75 Å². The first kappa shape index (κ1) is 33.3. The second-order valence-electron chi connectivity index (χ2n) is 13.4. The molecule has 4 aliphatic carbocycles. The average molecular weight is 665 g/mol. The molecule has 1 aromatic heterocycles. The lowest BCUT2D eigenvalue weighted by atomic mass is 9.48. The van der Waals surface area contributed by atoms with E-state index in [9.17, 15) is 14.7 Å². The first-order chi connectivity index (χ1) is 21.0. The number of ketones is 1. The molecule has 10 heteroatoms. The van der Waals surface area contributed by atoms with Gasteiger partial charge in [0.25, 0.3) is 0 Å². The molecule has 240 valence electrons. The minimum absolute atomic E-state index is 0.0168. The second-order valence-corrected chi connectivity index (χ2v) is 14.6. The number of Topliss-reactive ketones (excluding diaryl/α,β-unsaturated/α-hetero) is 1. The van der Waals surface area contributed by atoms with Crippen LogP contribution in [0.1, 0.15) is 78.6 Å². The van der Waals surface area contributed by atoms with Crippen LogP contribution >= 0.6 is 34.8 Å². The number of hydrogen-bond acceptors (Lipinski definition) is 5. The van der Waals surface area contributed by atoms with Gasteiger partial charge >= 0.3 is 6.03 Å². The van der Waals surface area contributed by atoms with Crippen molar-refractivity contribution in [3.05, 3.63) is 57.6 Å². The normalized spacial score (nSPS) is 30.7. The van der Waals surface area contributed by atoms with E-state index in [4.69, 9.17) is 39.5 Å². The lowest BCUT2D eigenvalue weighted by molar-refractivity contribution is -0.132. The highest BCUT2D eigenvalue weighted by atomic mass is 35.5. The van der Waals surface area contributed by atoms with Crippen LogP contribution in [0.2, 0.25) is 15.1 Å². The number of fused-ring (bicyclic) bond motifs is 5. The number of nitrogens with zero attached hydrogens (tertiary/aromatic N) is 3. The van der Waals surface area contributed by atoms with Gasteiger partial charge in [0, 0.05) is 35.8 Å². The number of ether oxygens (including phenoxy) is 1. The summed E-state index contributed by atoms with van der Waals surface area (Å²) in [6, 6.07) is 2.97. The van der Waals surface area contributed by atoms with Gasteiger partial charge in [-0.2, -0.15) is 0 Å². The molecule has 0 spiro atoms. The van der Waals surface area contributed by atoms with E-state index in [1.54, 1.807) is 29.4 Å². The van der Waals surface area contributed by atoms with Gasteiger partial charge in [-0.05, 0) is 86.7 Å². The van der Waals surface area contributed by atoms with Gasteiger partial charge in [0.05, 0.1) is 22.7 Å². The molecule has 1 amide bonds. The lowest BCUT2D eigenvalue weighted by Gasteiger charge is -2.56. The maximum absolute atomic E-state index is 12.4. The van der Waals surface area contributed by atoms with Gasteiger partial charge in [0.15, 0.2) is 5.75 Å². The molecule has 3 fully saturated rings. The highest BCUT2D eigenvalue weighted by Crippen LogP contribution is 2.63. The Morgan fingerprint density at radius 2 is 1.80 bits per heavy atom. The number of carbonyl (C=O) groups is 2. The molecule has 44 heavy (non-hydrogen) atoms. The number of allylic oxidation sites excluding steroid dienone is 1. The van der Waals surface area contributed by atoms with E-state index < -0.39 is 0 Å². The van der Waals surface area contributed by atoms with Crippen LogP contribution in [0.4, 0.5) is 4.79 Å².